The summed E-state index contributed by atoms with van der Waals surface area (Å²) < 4.78 is 11.3. The molecule has 0 fully saturated rings. The van der Waals surface area contributed by atoms with Gasteiger partial charge in [0.15, 0.2) is 11.6 Å². The van der Waals surface area contributed by atoms with Crippen molar-refractivity contribution in [1.29, 1.82) is 0 Å². The van der Waals surface area contributed by atoms with Crippen LogP contribution in [-0.4, -0.2) is 28.1 Å². The Bertz CT molecular complexity index is 1970. The molecule has 0 aromatic heterocycles. The Morgan fingerprint density at radius 2 is 0.918 bits per heavy atom. The summed E-state index contributed by atoms with van der Waals surface area (Å²) in [6.45, 7) is 1.40. The molecule has 0 aliphatic carbocycles. The van der Waals surface area contributed by atoms with Crippen molar-refractivity contribution < 1.29 is 34.1 Å². The van der Waals surface area contributed by atoms with Crippen LogP contribution in [0.4, 0.5) is 0 Å². The summed E-state index contributed by atoms with van der Waals surface area (Å²) in [5.74, 6) is 1.80. The first-order valence-corrected chi connectivity index (χ1v) is 15.2. The highest BCUT2D eigenvalue weighted by Crippen LogP contribution is 2.28. The van der Waals surface area contributed by atoms with Crippen LogP contribution in [0.5, 0.6) is 34.5 Å². The van der Waals surface area contributed by atoms with Crippen molar-refractivity contribution in [3.8, 4) is 34.5 Å². The number of phenols is 2. The zero-order chi connectivity index (χ0) is 34.8. The average molecular weight is 651 g/mol. The first-order valence-electron chi connectivity index (χ1n) is 15.2. The van der Waals surface area contributed by atoms with Gasteiger partial charge in [-0.25, -0.2) is 0 Å². The van der Waals surface area contributed by atoms with Gasteiger partial charge in [0.1, 0.15) is 40.8 Å². The third-order valence-electron chi connectivity index (χ3n) is 6.70. The molecule has 0 amide bonds. The van der Waals surface area contributed by atoms with Crippen LogP contribution in [0, 0.1) is 0 Å². The minimum Gasteiger partial charge on any atom is -0.507 e. The van der Waals surface area contributed by atoms with Gasteiger partial charge in [-0.2, -0.15) is 0 Å². The summed E-state index contributed by atoms with van der Waals surface area (Å²) in [5, 5.41) is 19.5. The van der Waals surface area contributed by atoms with E-state index in [1.165, 1.54) is 31.2 Å². The van der Waals surface area contributed by atoms with Crippen molar-refractivity contribution in [3.63, 3.8) is 0 Å². The van der Waals surface area contributed by atoms with Crippen molar-refractivity contribution in [3.05, 3.63) is 186 Å². The van der Waals surface area contributed by atoms with Crippen LogP contribution in [0.3, 0.4) is 0 Å². The van der Waals surface area contributed by atoms with Gasteiger partial charge in [0.25, 0.3) is 0 Å². The highest BCUT2D eigenvalue weighted by atomic mass is 16.5. The molecule has 0 heterocycles. The number of carbonyl (C=O) groups is 3. The molecule has 2 N–H and O–H groups in total. The Kier molecular flexibility index (Phi) is 13.2. The molecule has 244 valence electrons. The molecular formula is C42H34O7. The highest BCUT2D eigenvalue weighted by Gasteiger charge is 2.11. The lowest BCUT2D eigenvalue weighted by Gasteiger charge is -2.08. The largest absolute Gasteiger partial charge is 0.507 e. The molecular weight excluding hydrogens is 616 g/mol. The molecule has 0 atom stereocenters. The second-order valence-corrected chi connectivity index (χ2v) is 10.4. The summed E-state index contributed by atoms with van der Waals surface area (Å²) in [6.07, 6.45) is 3.99. The summed E-state index contributed by atoms with van der Waals surface area (Å²) in [6, 6.07) is 46.4. The zero-order valence-corrected chi connectivity index (χ0v) is 26.7. The van der Waals surface area contributed by atoms with E-state index in [4.69, 9.17) is 9.47 Å². The number of para-hydroxylation sites is 2. The second-order valence-electron chi connectivity index (χ2n) is 10.4. The molecule has 0 aliphatic rings. The van der Waals surface area contributed by atoms with Crippen LogP contribution in [-0.2, 0) is 0 Å². The van der Waals surface area contributed by atoms with Gasteiger partial charge >= 0.3 is 0 Å². The van der Waals surface area contributed by atoms with Crippen molar-refractivity contribution in [2.24, 2.45) is 0 Å². The first-order chi connectivity index (χ1) is 23.8. The maximum atomic E-state index is 12.3. The second kappa shape index (κ2) is 18.4. The smallest absolute Gasteiger partial charge is 0.189 e. The van der Waals surface area contributed by atoms with E-state index in [1.807, 2.05) is 109 Å². The zero-order valence-electron chi connectivity index (χ0n) is 26.7. The van der Waals surface area contributed by atoms with Gasteiger partial charge in [0, 0.05) is 5.56 Å². The summed E-state index contributed by atoms with van der Waals surface area (Å²) in [5.41, 5.74) is 2.11. The van der Waals surface area contributed by atoms with Crippen LogP contribution in [0.1, 0.15) is 43.6 Å². The van der Waals surface area contributed by atoms with Crippen LogP contribution >= 0.6 is 0 Å². The molecule has 0 saturated heterocycles. The SMILES string of the molecule is CC(=O)c1cc(Oc2ccccc2)ccc1O.O=C(/C=C/c1ccccc1)c1cc(Oc2ccccc2)ccc1O.O=Cc1ccccc1. The Balaban J connectivity index is 0.000000187. The number of ketones is 2. The molecule has 0 saturated carbocycles. The molecule has 0 bridgehead atoms. The van der Waals surface area contributed by atoms with E-state index >= 15 is 0 Å². The fraction of sp³-hybridized carbons (Fsp3) is 0.0238. The highest BCUT2D eigenvalue weighted by molar-refractivity contribution is 6.08. The van der Waals surface area contributed by atoms with Gasteiger partial charge < -0.3 is 19.7 Å². The molecule has 0 radical (unpaired) electrons. The van der Waals surface area contributed by atoms with E-state index < -0.39 is 0 Å². The number of phenolic OH excluding ortho intramolecular Hbond substituents is 2. The van der Waals surface area contributed by atoms with Gasteiger partial charge in [0.05, 0.1) is 11.1 Å². The van der Waals surface area contributed by atoms with E-state index in [2.05, 4.69) is 0 Å². The van der Waals surface area contributed by atoms with Gasteiger partial charge in [-0.1, -0.05) is 103 Å². The minimum absolute atomic E-state index is 0.0297. The predicted molar refractivity (Wildman–Crippen MR) is 191 cm³/mol. The van der Waals surface area contributed by atoms with Crippen LogP contribution in [0.25, 0.3) is 6.08 Å². The van der Waals surface area contributed by atoms with Gasteiger partial charge in [-0.3, -0.25) is 14.4 Å². The van der Waals surface area contributed by atoms with Gasteiger partial charge in [-0.05, 0) is 79.2 Å². The van der Waals surface area contributed by atoms with Crippen molar-refractivity contribution >= 4 is 23.9 Å². The number of hydrogen-bond donors (Lipinski definition) is 2. The summed E-state index contributed by atoms with van der Waals surface area (Å²) >= 11 is 0. The van der Waals surface area contributed by atoms with Crippen molar-refractivity contribution in [2.75, 3.05) is 0 Å². The number of ether oxygens (including phenoxy) is 2. The fourth-order valence-electron chi connectivity index (χ4n) is 4.24. The monoisotopic (exact) mass is 650 g/mol. The third-order valence-corrected chi connectivity index (χ3v) is 6.70. The molecule has 6 aromatic carbocycles. The minimum atomic E-state index is -0.283. The molecule has 0 spiro atoms. The number of rotatable bonds is 9. The topological polar surface area (TPSA) is 110 Å². The van der Waals surface area contributed by atoms with E-state index in [0.717, 1.165) is 17.4 Å². The standard InChI is InChI=1S/C21H16O3.C14H12O3.C7H6O/c22-20(13-11-16-7-3-1-4-8-16)19-15-18(12-14-21(19)23)24-17-9-5-2-6-10-17;1-10(15)13-9-12(7-8-14(13)16)17-11-5-3-2-4-6-11;8-6-7-4-2-1-3-5-7/h1-15,23H;2-9,16H,1H3;1-6H/b13-11+;;. The molecule has 7 nitrogen and oxygen atoms in total. The van der Waals surface area contributed by atoms with E-state index in [1.54, 1.807) is 36.4 Å². The number of Topliss-reactive ketones (excluding diaryl/α,β-unsaturated/α-hetero) is 1. The molecule has 7 heteroatoms. The lowest BCUT2D eigenvalue weighted by molar-refractivity contribution is 0.101. The van der Waals surface area contributed by atoms with Crippen molar-refractivity contribution in [2.45, 2.75) is 6.92 Å². The molecule has 6 aromatic rings. The summed E-state index contributed by atoms with van der Waals surface area (Å²) in [4.78, 5) is 33.6. The van der Waals surface area contributed by atoms with Crippen molar-refractivity contribution in [1.82, 2.24) is 0 Å². The lowest BCUT2D eigenvalue weighted by Crippen LogP contribution is -1.96. The average Bonchev–Trinajstić information content (AvgIpc) is 3.14. The number of benzene rings is 6. The van der Waals surface area contributed by atoms with Crippen LogP contribution in [0.15, 0.2) is 164 Å². The molecule has 6 rings (SSSR count). The van der Waals surface area contributed by atoms with Crippen LogP contribution < -0.4 is 9.47 Å². The van der Waals surface area contributed by atoms with E-state index in [-0.39, 0.29) is 34.2 Å². The Morgan fingerprint density at radius 1 is 0.510 bits per heavy atom. The van der Waals surface area contributed by atoms with E-state index in [0.29, 0.717) is 23.0 Å². The third kappa shape index (κ3) is 11.5. The Labute approximate surface area is 285 Å². The maximum absolute atomic E-state index is 12.3. The van der Waals surface area contributed by atoms with Gasteiger partial charge in [-0.15, -0.1) is 0 Å². The van der Waals surface area contributed by atoms with Gasteiger partial charge in [0.2, 0.25) is 0 Å². The van der Waals surface area contributed by atoms with E-state index in [9.17, 15) is 24.6 Å². The normalized spacial score (nSPS) is 10.1. The Morgan fingerprint density at radius 3 is 1.35 bits per heavy atom. The first kappa shape index (κ1) is 35.1. The summed E-state index contributed by atoms with van der Waals surface area (Å²) in [7, 11) is 0. The number of aldehydes is 1. The lowest BCUT2D eigenvalue weighted by atomic mass is 10.1. The number of carbonyl (C=O) groups excluding carboxylic acids is 3. The number of allylic oxidation sites excluding steroid dienone is 1. The number of hydrogen-bond acceptors (Lipinski definition) is 7. The number of aromatic hydroxyl groups is 2. The molecule has 0 unspecified atom stereocenters. The molecule has 0 aliphatic heterocycles. The van der Waals surface area contributed by atoms with Crippen LogP contribution in [0.2, 0.25) is 0 Å². The quantitative estimate of drug-likeness (QED) is 0.0910. The predicted octanol–water partition coefficient (Wildman–Crippen LogP) is 9.97. The maximum Gasteiger partial charge on any atom is 0.189 e. The molecule has 49 heavy (non-hydrogen) atoms. The Hall–Kier alpha value is -6.73. The fourth-order valence-corrected chi connectivity index (χ4v) is 4.24.